The van der Waals surface area contributed by atoms with E-state index >= 15 is 0 Å². The molecule has 0 spiro atoms. The Hall–Kier alpha value is -4.19. The Labute approximate surface area is 392 Å². The molecule has 0 aliphatic rings. The summed E-state index contributed by atoms with van der Waals surface area (Å²) in [7, 11) is 0. The average molecular weight is 885 g/mol. The standard InChI is InChI=1S/C58H92O6/c1-4-7-10-13-16-19-22-25-27-29-31-33-36-39-42-45-48-51-57(60)63-54-55(53-62-56(59)50-47-44-41-38-35-24-21-18-15-12-9-6-3)64-58(61)52-49-46-43-40-37-34-32-30-28-26-23-20-17-14-11-8-5-2/h7-8,10-11,16-17,19-20,25-28,31-34,39-40,42-43,55H,4-6,9,12-15,18,21-24,29-30,35-38,41,44-54H2,1-3H3/b10-7-,11-8-,19-16-,20-17-,27-25-,28-26-,33-31-,34-32-,42-39-,43-40-/t55-/m0/s1. The van der Waals surface area contributed by atoms with Gasteiger partial charge in [-0.2, -0.15) is 0 Å². The van der Waals surface area contributed by atoms with Crippen LogP contribution in [0.2, 0.25) is 0 Å². The number of rotatable bonds is 44. The molecule has 0 fully saturated rings. The fourth-order valence-corrected chi connectivity index (χ4v) is 6.45. The van der Waals surface area contributed by atoms with Gasteiger partial charge in [-0.1, -0.05) is 213 Å². The van der Waals surface area contributed by atoms with Crippen molar-refractivity contribution in [1.29, 1.82) is 0 Å². The molecular formula is C58H92O6. The highest BCUT2D eigenvalue weighted by molar-refractivity contribution is 5.71. The number of hydrogen-bond donors (Lipinski definition) is 0. The zero-order valence-corrected chi connectivity index (χ0v) is 41.0. The summed E-state index contributed by atoms with van der Waals surface area (Å²) in [5.41, 5.74) is 0. The van der Waals surface area contributed by atoms with Crippen molar-refractivity contribution >= 4 is 17.9 Å². The molecule has 0 bridgehead atoms. The minimum atomic E-state index is -0.831. The third kappa shape index (κ3) is 48.8. The number of esters is 3. The highest BCUT2D eigenvalue weighted by atomic mass is 16.6. The zero-order valence-electron chi connectivity index (χ0n) is 41.0. The Balaban J connectivity index is 4.59. The van der Waals surface area contributed by atoms with Gasteiger partial charge in [-0.15, -0.1) is 0 Å². The lowest BCUT2D eigenvalue weighted by Crippen LogP contribution is -2.30. The summed E-state index contributed by atoms with van der Waals surface area (Å²) in [4.78, 5) is 37.9. The number of ether oxygens (including phenoxy) is 3. The second kappa shape index (κ2) is 51.4. The molecule has 1 atom stereocenters. The van der Waals surface area contributed by atoms with E-state index in [1.807, 2.05) is 0 Å². The molecule has 0 heterocycles. The molecule has 0 unspecified atom stereocenters. The summed E-state index contributed by atoms with van der Waals surface area (Å²) in [6.07, 6.45) is 70.5. The molecule has 0 aromatic heterocycles. The van der Waals surface area contributed by atoms with Gasteiger partial charge in [0.05, 0.1) is 0 Å². The first kappa shape index (κ1) is 59.8. The van der Waals surface area contributed by atoms with Crippen LogP contribution in [0, 0.1) is 0 Å². The van der Waals surface area contributed by atoms with Gasteiger partial charge in [0.25, 0.3) is 0 Å². The maximum Gasteiger partial charge on any atom is 0.306 e. The maximum atomic E-state index is 12.8. The van der Waals surface area contributed by atoms with Gasteiger partial charge in [-0.3, -0.25) is 14.4 Å². The molecule has 360 valence electrons. The van der Waals surface area contributed by atoms with Gasteiger partial charge >= 0.3 is 17.9 Å². The summed E-state index contributed by atoms with van der Waals surface area (Å²) in [6, 6.07) is 0. The first-order valence-electron chi connectivity index (χ1n) is 25.5. The fraction of sp³-hybridized carbons (Fsp3) is 0.603. The molecule has 0 radical (unpaired) electrons. The highest BCUT2D eigenvalue weighted by Crippen LogP contribution is 2.13. The number of carbonyl (C=O) groups is 3. The third-order valence-corrected chi connectivity index (χ3v) is 10.2. The topological polar surface area (TPSA) is 78.9 Å². The van der Waals surface area contributed by atoms with Gasteiger partial charge in [-0.05, 0) is 96.3 Å². The molecule has 64 heavy (non-hydrogen) atoms. The molecule has 0 aliphatic heterocycles. The first-order valence-corrected chi connectivity index (χ1v) is 25.5. The highest BCUT2D eigenvalue weighted by Gasteiger charge is 2.19. The predicted octanol–water partition coefficient (Wildman–Crippen LogP) is 16.9. The predicted molar refractivity (Wildman–Crippen MR) is 274 cm³/mol. The Kier molecular flexibility index (Phi) is 48.1. The van der Waals surface area contributed by atoms with Crippen molar-refractivity contribution in [3.05, 3.63) is 122 Å². The minimum absolute atomic E-state index is 0.120. The van der Waals surface area contributed by atoms with E-state index < -0.39 is 6.10 Å². The molecule has 0 aromatic carbocycles. The van der Waals surface area contributed by atoms with E-state index in [-0.39, 0.29) is 44.0 Å². The van der Waals surface area contributed by atoms with Crippen molar-refractivity contribution < 1.29 is 28.6 Å². The quantitative estimate of drug-likeness (QED) is 0.0262. The van der Waals surface area contributed by atoms with Gasteiger partial charge in [-0.25, -0.2) is 0 Å². The second-order valence-electron chi connectivity index (χ2n) is 16.3. The van der Waals surface area contributed by atoms with Crippen molar-refractivity contribution in [2.45, 2.75) is 213 Å². The number of carbonyl (C=O) groups excluding carboxylic acids is 3. The van der Waals surface area contributed by atoms with Crippen LogP contribution < -0.4 is 0 Å². The lowest BCUT2D eigenvalue weighted by molar-refractivity contribution is -0.167. The number of unbranched alkanes of at least 4 members (excludes halogenated alkanes) is 13. The molecule has 0 rings (SSSR count). The van der Waals surface area contributed by atoms with Gasteiger partial charge < -0.3 is 14.2 Å². The van der Waals surface area contributed by atoms with Crippen LogP contribution in [0.15, 0.2) is 122 Å². The maximum absolute atomic E-state index is 12.8. The fourth-order valence-electron chi connectivity index (χ4n) is 6.45. The zero-order chi connectivity index (χ0) is 46.5. The largest absolute Gasteiger partial charge is 0.462 e. The Bertz CT molecular complexity index is 1390. The van der Waals surface area contributed by atoms with Crippen molar-refractivity contribution in [3.8, 4) is 0 Å². The van der Waals surface area contributed by atoms with Crippen molar-refractivity contribution in [1.82, 2.24) is 0 Å². The lowest BCUT2D eigenvalue weighted by atomic mass is 10.0. The van der Waals surface area contributed by atoms with Gasteiger partial charge in [0.1, 0.15) is 13.2 Å². The van der Waals surface area contributed by atoms with E-state index in [0.717, 1.165) is 96.3 Å². The smallest absolute Gasteiger partial charge is 0.306 e. The van der Waals surface area contributed by atoms with Crippen LogP contribution in [-0.2, 0) is 28.6 Å². The summed E-state index contributed by atoms with van der Waals surface area (Å²) >= 11 is 0. The Morgan fingerprint density at radius 2 is 0.609 bits per heavy atom. The molecule has 0 aromatic rings. The number of allylic oxidation sites excluding steroid dienone is 20. The molecule has 6 nitrogen and oxygen atoms in total. The van der Waals surface area contributed by atoms with E-state index in [0.29, 0.717) is 19.3 Å². The van der Waals surface area contributed by atoms with Crippen LogP contribution in [0.3, 0.4) is 0 Å². The van der Waals surface area contributed by atoms with E-state index in [1.165, 1.54) is 57.8 Å². The first-order chi connectivity index (χ1) is 31.5. The van der Waals surface area contributed by atoms with Crippen LogP contribution >= 0.6 is 0 Å². The average Bonchev–Trinajstić information content (AvgIpc) is 3.29. The van der Waals surface area contributed by atoms with Crippen LogP contribution in [0.5, 0.6) is 0 Å². The van der Waals surface area contributed by atoms with E-state index in [9.17, 15) is 14.4 Å². The van der Waals surface area contributed by atoms with Gasteiger partial charge in [0.15, 0.2) is 6.10 Å². The van der Waals surface area contributed by atoms with Crippen LogP contribution in [0.4, 0.5) is 0 Å². The SMILES string of the molecule is CC/C=C\C/C=C\C/C=C\C/C=C\C/C=C\CCCC(=O)OC[C@H](COC(=O)CCCCCCCCCCCCCC)OC(=O)CCC/C=C\C/C=C\C/C=C\C/C=C\C/C=C\CC. The van der Waals surface area contributed by atoms with Crippen LogP contribution in [0.25, 0.3) is 0 Å². The normalized spacial score (nSPS) is 13.1. The van der Waals surface area contributed by atoms with Crippen molar-refractivity contribution in [2.24, 2.45) is 0 Å². The molecule has 0 amide bonds. The summed E-state index contributed by atoms with van der Waals surface area (Å²) in [5, 5.41) is 0. The molecule has 0 aliphatic carbocycles. The molecule has 0 saturated heterocycles. The van der Waals surface area contributed by atoms with Crippen LogP contribution in [0.1, 0.15) is 207 Å². The minimum Gasteiger partial charge on any atom is -0.462 e. The second-order valence-corrected chi connectivity index (χ2v) is 16.3. The molecule has 6 heteroatoms. The van der Waals surface area contributed by atoms with Gasteiger partial charge in [0, 0.05) is 19.3 Å². The number of hydrogen-bond acceptors (Lipinski definition) is 6. The Morgan fingerprint density at radius 3 is 0.953 bits per heavy atom. The summed E-state index contributed by atoms with van der Waals surface area (Å²) < 4.78 is 16.7. The van der Waals surface area contributed by atoms with E-state index in [4.69, 9.17) is 14.2 Å². The van der Waals surface area contributed by atoms with Crippen molar-refractivity contribution in [3.63, 3.8) is 0 Å². The van der Waals surface area contributed by atoms with Gasteiger partial charge in [0.2, 0.25) is 0 Å². The lowest BCUT2D eigenvalue weighted by Gasteiger charge is -2.18. The van der Waals surface area contributed by atoms with Crippen LogP contribution in [-0.4, -0.2) is 37.2 Å². The molecular weight excluding hydrogens is 793 g/mol. The molecule has 0 saturated carbocycles. The molecule has 0 N–H and O–H groups in total. The van der Waals surface area contributed by atoms with E-state index in [2.05, 4.69) is 142 Å². The van der Waals surface area contributed by atoms with Crippen molar-refractivity contribution in [2.75, 3.05) is 13.2 Å². The third-order valence-electron chi connectivity index (χ3n) is 10.2. The summed E-state index contributed by atoms with van der Waals surface area (Å²) in [5.74, 6) is -1.05. The Morgan fingerprint density at radius 1 is 0.328 bits per heavy atom. The monoisotopic (exact) mass is 885 g/mol. The van der Waals surface area contributed by atoms with E-state index in [1.54, 1.807) is 0 Å². The summed E-state index contributed by atoms with van der Waals surface area (Å²) in [6.45, 7) is 6.29.